The van der Waals surface area contributed by atoms with Crippen molar-refractivity contribution in [1.82, 2.24) is 0 Å². The van der Waals surface area contributed by atoms with Gasteiger partial charge in [-0.1, -0.05) is 6.07 Å². The van der Waals surface area contributed by atoms with Crippen molar-refractivity contribution in [2.75, 3.05) is 31.7 Å². The lowest BCUT2D eigenvalue weighted by molar-refractivity contribution is -0.114. The normalized spacial score (nSPS) is 15.9. The number of hydrogen-bond acceptors (Lipinski definition) is 4. The minimum absolute atomic E-state index is 0.0217. The Bertz CT molecular complexity index is 456. The van der Waals surface area contributed by atoms with Gasteiger partial charge in [0.1, 0.15) is 5.75 Å². The van der Waals surface area contributed by atoms with Gasteiger partial charge in [-0.25, -0.2) is 0 Å². The molecule has 0 atom stereocenters. The molecule has 1 saturated heterocycles. The van der Waals surface area contributed by atoms with Crippen LogP contribution in [0.5, 0.6) is 5.75 Å². The number of rotatable bonds is 5. The van der Waals surface area contributed by atoms with Crippen LogP contribution in [-0.4, -0.2) is 32.3 Å². The first-order chi connectivity index (χ1) is 9.69. The van der Waals surface area contributed by atoms with E-state index in [1.165, 1.54) is 0 Å². The number of nitrogens with two attached hydrogens (primary N) is 1. The molecule has 5 nitrogen and oxygen atoms in total. The fraction of sp³-hybridized carbons (Fsp3) is 0.533. The van der Waals surface area contributed by atoms with E-state index in [4.69, 9.17) is 15.2 Å². The SMILES string of the molecule is Cc1ccc(NC(=O)CN)cc1OCC1CCOCC1. The summed E-state index contributed by atoms with van der Waals surface area (Å²) < 4.78 is 11.2. The number of carbonyl (C=O) groups excluding carboxylic acids is 1. The van der Waals surface area contributed by atoms with Crippen molar-refractivity contribution in [3.05, 3.63) is 23.8 Å². The molecule has 0 unspecified atom stereocenters. The van der Waals surface area contributed by atoms with Gasteiger partial charge >= 0.3 is 0 Å². The standard InChI is InChI=1S/C15H22N2O3/c1-11-2-3-13(17-15(18)9-16)8-14(11)20-10-12-4-6-19-7-5-12/h2-3,8,12H,4-7,9-10,16H2,1H3,(H,17,18). The predicted molar refractivity (Wildman–Crippen MR) is 77.9 cm³/mol. The highest BCUT2D eigenvalue weighted by Crippen LogP contribution is 2.24. The first kappa shape index (κ1) is 14.8. The van der Waals surface area contributed by atoms with Crippen molar-refractivity contribution in [1.29, 1.82) is 0 Å². The van der Waals surface area contributed by atoms with Crippen LogP contribution in [0, 0.1) is 12.8 Å². The Balaban J connectivity index is 1.95. The van der Waals surface area contributed by atoms with Crippen molar-refractivity contribution in [3.63, 3.8) is 0 Å². The molecule has 0 radical (unpaired) electrons. The number of anilines is 1. The Morgan fingerprint density at radius 3 is 2.90 bits per heavy atom. The lowest BCUT2D eigenvalue weighted by Gasteiger charge is -2.22. The maximum absolute atomic E-state index is 11.3. The Hall–Kier alpha value is -1.59. The molecule has 0 bridgehead atoms. The number of carbonyl (C=O) groups is 1. The van der Waals surface area contributed by atoms with E-state index in [1.54, 1.807) is 0 Å². The van der Waals surface area contributed by atoms with Crippen LogP contribution in [0.15, 0.2) is 18.2 Å². The molecule has 2 rings (SSSR count). The van der Waals surface area contributed by atoms with Crippen molar-refractivity contribution in [2.24, 2.45) is 11.7 Å². The third-order valence-corrected chi connectivity index (χ3v) is 3.47. The molecule has 1 amide bonds. The average molecular weight is 278 g/mol. The topological polar surface area (TPSA) is 73.6 Å². The monoisotopic (exact) mass is 278 g/mol. The quantitative estimate of drug-likeness (QED) is 0.859. The fourth-order valence-corrected chi connectivity index (χ4v) is 2.17. The molecular formula is C15H22N2O3. The van der Waals surface area contributed by atoms with E-state index in [-0.39, 0.29) is 12.5 Å². The summed E-state index contributed by atoms with van der Waals surface area (Å²) in [5.41, 5.74) is 7.06. The van der Waals surface area contributed by atoms with Crippen molar-refractivity contribution >= 4 is 11.6 Å². The molecule has 110 valence electrons. The van der Waals surface area contributed by atoms with Gasteiger partial charge in [-0.3, -0.25) is 4.79 Å². The fourth-order valence-electron chi connectivity index (χ4n) is 2.17. The summed E-state index contributed by atoms with van der Waals surface area (Å²) in [6, 6.07) is 5.64. The van der Waals surface area contributed by atoms with E-state index < -0.39 is 0 Å². The minimum Gasteiger partial charge on any atom is -0.493 e. The van der Waals surface area contributed by atoms with Gasteiger partial charge in [-0.2, -0.15) is 0 Å². The maximum Gasteiger partial charge on any atom is 0.238 e. The number of ether oxygens (including phenoxy) is 2. The molecule has 3 N–H and O–H groups in total. The molecule has 1 fully saturated rings. The van der Waals surface area contributed by atoms with Gasteiger partial charge in [0.15, 0.2) is 0 Å². The summed E-state index contributed by atoms with van der Waals surface area (Å²) in [5.74, 6) is 1.15. The third-order valence-electron chi connectivity index (χ3n) is 3.47. The summed E-state index contributed by atoms with van der Waals surface area (Å²) in [6.45, 7) is 4.30. The van der Waals surface area contributed by atoms with Gasteiger partial charge in [-0.15, -0.1) is 0 Å². The molecule has 0 aliphatic carbocycles. The van der Waals surface area contributed by atoms with Crippen LogP contribution >= 0.6 is 0 Å². The summed E-state index contributed by atoms with van der Waals surface area (Å²) in [6.07, 6.45) is 2.09. The Labute approximate surface area is 119 Å². The molecule has 20 heavy (non-hydrogen) atoms. The highest BCUT2D eigenvalue weighted by atomic mass is 16.5. The number of aryl methyl sites for hydroxylation is 1. The molecule has 1 aromatic rings. The van der Waals surface area contributed by atoms with Crippen LogP contribution in [0.3, 0.4) is 0 Å². The largest absolute Gasteiger partial charge is 0.493 e. The number of benzene rings is 1. The second-order valence-corrected chi connectivity index (χ2v) is 5.10. The van der Waals surface area contributed by atoms with Gasteiger partial charge in [0.2, 0.25) is 5.91 Å². The number of hydrogen-bond donors (Lipinski definition) is 2. The predicted octanol–water partition coefficient (Wildman–Crippen LogP) is 1.70. The third kappa shape index (κ3) is 4.21. The van der Waals surface area contributed by atoms with E-state index in [0.717, 1.165) is 37.4 Å². The Morgan fingerprint density at radius 2 is 2.20 bits per heavy atom. The molecule has 1 aliphatic rings. The zero-order valence-corrected chi connectivity index (χ0v) is 11.9. The molecule has 1 aromatic carbocycles. The van der Waals surface area contributed by atoms with E-state index in [0.29, 0.717) is 18.2 Å². The van der Waals surface area contributed by atoms with Crippen LogP contribution in [0.4, 0.5) is 5.69 Å². The molecule has 0 aromatic heterocycles. The van der Waals surface area contributed by atoms with Crippen LogP contribution in [0.25, 0.3) is 0 Å². The van der Waals surface area contributed by atoms with Crippen molar-refractivity contribution in [3.8, 4) is 5.75 Å². The minimum atomic E-state index is -0.204. The first-order valence-electron chi connectivity index (χ1n) is 7.00. The van der Waals surface area contributed by atoms with Gasteiger partial charge < -0.3 is 20.5 Å². The van der Waals surface area contributed by atoms with Gasteiger partial charge in [0.05, 0.1) is 13.2 Å². The summed E-state index contributed by atoms with van der Waals surface area (Å²) in [4.78, 5) is 11.3. The number of amides is 1. The zero-order valence-electron chi connectivity index (χ0n) is 11.9. The smallest absolute Gasteiger partial charge is 0.238 e. The lowest BCUT2D eigenvalue weighted by atomic mass is 10.0. The maximum atomic E-state index is 11.3. The van der Waals surface area contributed by atoms with E-state index in [9.17, 15) is 4.79 Å². The van der Waals surface area contributed by atoms with E-state index >= 15 is 0 Å². The molecule has 0 saturated carbocycles. The highest BCUT2D eigenvalue weighted by molar-refractivity contribution is 5.92. The first-order valence-corrected chi connectivity index (χ1v) is 7.00. The second-order valence-electron chi connectivity index (χ2n) is 5.10. The van der Waals surface area contributed by atoms with Crippen molar-refractivity contribution in [2.45, 2.75) is 19.8 Å². The van der Waals surface area contributed by atoms with Gasteiger partial charge in [0, 0.05) is 25.0 Å². The molecule has 1 aliphatic heterocycles. The lowest BCUT2D eigenvalue weighted by Crippen LogP contribution is -2.22. The van der Waals surface area contributed by atoms with Crippen LogP contribution in [-0.2, 0) is 9.53 Å². The van der Waals surface area contributed by atoms with E-state index in [1.807, 2.05) is 25.1 Å². The molecular weight excluding hydrogens is 256 g/mol. The zero-order chi connectivity index (χ0) is 14.4. The van der Waals surface area contributed by atoms with Crippen LogP contribution < -0.4 is 15.8 Å². The molecule has 0 spiro atoms. The second kappa shape index (κ2) is 7.26. The summed E-state index contributed by atoms with van der Waals surface area (Å²) in [5, 5.41) is 2.73. The van der Waals surface area contributed by atoms with Gasteiger partial charge in [-0.05, 0) is 37.3 Å². The van der Waals surface area contributed by atoms with E-state index in [2.05, 4.69) is 5.32 Å². The Morgan fingerprint density at radius 1 is 1.45 bits per heavy atom. The summed E-state index contributed by atoms with van der Waals surface area (Å²) >= 11 is 0. The highest BCUT2D eigenvalue weighted by Gasteiger charge is 2.15. The van der Waals surface area contributed by atoms with Crippen LogP contribution in [0.2, 0.25) is 0 Å². The number of nitrogens with one attached hydrogen (secondary N) is 1. The van der Waals surface area contributed by atoms with Gasteiger partial charge in [0.25, 0.3) is 0 Å². The molecule has 1 heterocycles. The molecule has 5 heteroatoms. The van der Waals surface area contributed by atoms with Crippen molar-refractivity contribution < 1.29 is 14.3 Å². The average Bonchev–Trinajstić information content (AvgIpc) is 2.48. The Kier molecular flexibility index (Phi) is 5.38. The summed E-state index contributed by atoms with van der Waals surface area (Å²) in [7, 11) is 0. The van der Waals surface area contributed by atoms with Crippen LogP contribution in [0.1, 0.15) is 18.4 Å².